The van der Waals surface area contributed by atoms with Crippen LogP contribution in [0.25, 0.3) is 5.57 Å². The third kappa shape index (κ3) is 1.50. The summed E-state index contributed by atoms with van der Waals surface area (Å²) in [6, 6.07) is 6.33. The van der Waals surface area contributed by atoms with Crippen molar-refractivity contribution in [1.29, 1.82) is 5.41 Å². The second kappa shape index (κ2) is 3.41. The number of aryl methyl sites for hydroxylation is 1. The van der Waals surface area contributed by atoms with E-state index in [1.165, 1.54) is 11.1 Å². The van der Waals surface area contributed by atoms with Crippen molar-refractivity contribution in [2.24, 2.45) is 0 Å². The molecule has 1 N–H and O–H groups in total. The predicted octanol–water partition coefficient (Wildman–Crippen LogP) is 3.42. The summed E-state index contributed by atoms with van der Waals surface area (Å²) in [6.07, 6.45) is 3.16. The third-order valence-corrected chi connectivity index (χ3v) is 2.80. The van der Waals surface area contributed by atoms with E-state index in [2.05, 4.69) is 24.8 Å². The highest BCUT2D eigenvalue weighted by atomic mass is 14.4. The van der Waals surface area contributed by atoms with E-state index in [0.29, 0.717) is 0 Å². The van der Waals surface area contributed by atoms with E-state index in [9.17, 15) is 0 Å². The molecule has 1 aliphatic rings. The average molecular weight is 185 g/mol. The molecular weight excluding hydrogens is 170 g/mol. The van der Waals surface area contributed by atoms with Crippen molar-refractivity contribution >= 4 is 11.3 Å². The molecule has 1 aromatic carbocycles. The number of nitrogens with one attached hydrogen (secondary N) is 1. The fourth-order valence-electron chi connectivity index (χ4n) is 1.95. The van der Waals surface area contributed by atoms with Crippen LogP contribution in [-0.4, -0.2) is 5.71 Å². The van der Waals surface area contributed by atoms with Crippen LogP contribution in [0.2, 0.25) is 0 Å². The van der Waals surface area contributed by atoms with Crippen LogP contribution < -0.4 is 0 Å². The average Bonchev–Trinajstić information content (AvgIpc) is 2.17. The van der Waals surface area contributed by atoms with Gasteiger partial charge in [0, 0.05) is 5.71 Å². The van der Waals surface area contributed by atoms with Crippen LogP contribution in [0, 0.1) is 5.41 Å². The van der Waals surface area contributed by atoms with Gasteiger partial charge in [0.1, 0.15) is 0 Å². The van der Waals surface area contributed by atoms with Gasteiger partial charge in [0.15, 0.2) is 0 Å². The summed E-state index contributed by atoms with van der Waals surface area (Å²) < 4.78 is 0. The van der Waals surface area contributed by atoms with Gasteiger partial charge in [-0.25, -0.2) is 0 Å². The highest BCUT2D eigenvalue weighted by Gasteiger charge is 2.13. The number of rotatable bonds is 1. The normalized spacial score (nSPS) is 15.1. The minimum absolute atomic E-state index is 0.791. The maximum Gasteiger partial charge on any atom is 0.0389 e. The maximum atomic E-state index is 7.83. The summed E-state index contributed by atoms with van der Waals surface area (Å²) in [7, 11) is 0. The number of benzene rings is 1. The van der Waals surface area contributed by atoms with Crippen molar-refractivity contribution in [3.8, 4) is 0 Å². The summed E-state index contributed by atoms with van der Waals surface area (Å²) in [4.78, 5) is 0. The quantitative estimate of drug-likeness (QED) is 0.693. The zero-order valence-electron chi connectivity index (χ0n) is 8.56. The Bertz CT molecular complexity index is 402. The van der Waals surface area contributed by atoms with Gasteiger partial charge in [0.2, 0.25) is 0 Å². The second-order valence-electron chi connectivity index (χ2n) is 3.98. The van der Waals surface area contributed by atoms with Crippen LogP contribution in [-0.2, 0) is 6.42 Å². The van der Waals surface area contributed by atoms with Gasteiger partial charge in [-0.05, 0) is 42.9 Å². The van der Waals surface area contributed by atoms with Crippen LogP contribution in [0.15, 0.2) is 24.8 Å². The minimum Gasteiger partial charge on any atom is -0.305 e. The lowest BCUT2D eigenvalue weighted by Gasteiger charge is -2.17. The van der Waals surface area contributed by atoms with Crippen LogP contribution in [0.1, 0.15) is 36.5 Å². The molecule has 1 heteroatoms. The van der Waals surface area contributed by atoms with Crippen LogP contribution in [0.5, 0.6) is 0 Å². The maximum absolute atomic E-state index is 7.83. The van der Waals surface area contributed by atoms with Gasteiger partial charge in [0.05, 0.1) is 0 Å². The highest BCUT2D eigenvalue weighted by Crippen LogP contribution is 2.24. The van der Waals surface area contributed by atoms with Gasteiger partial charge in [0.25, 0.3) is 0 Å². The molecule has 0 fully saturated rings. The van der Waals surface area contributed by atoms with Crippen molar-refractivity contribution in [2.75, 3.05) is 0 Å². The summed E-state index contributed by atoms with van der Waals surface area (Å²) in [5.41, 5.74) is 5.56. The SMILES string of the molecule is C=C(C)c1ccc2c(c1)CCCC2=N. The van der Waals surface area contributed by atoms with Crippen LogP contribution in [0.4, 0.5) is 0 Å². The van der Waals surface area contributed by atoms with Crippen molar-refractivity contribution in [3.63, 3.8) is 0 Å². The molecule has 0 amide bonds. The van der Waals surface area contributed by atoms with Crippen LogP contribution in [0.3, 0.4) is 0 Å². The molecule has 0 aliphatic heterocycles. The fraction of sp³-hybridized carbons (Fsp3) is 0.308. The Kier molecular flexibility index (Phi) is 2.24. The molecule has 0 heterocycles. The van der Waals surface area contributed by atoms with Crippen molar-refractivity contribution in [2.45, 2.75) is 26.2 Å². The van der Waals surface area contributed by atoms with E-state index in [-0.39, 0.29) is 0 Å². The first-order valence-electron chi connectivity index (χ1n) is 5.05. The molecule has 0 bridgehead atoms. The molecule has 1 aromatic rings. The molecule has 1 nitrogen and oxygen atoms in total. The van der Waals surface area contributed by atoms with Gasteiger partial charge in [-0.2, -0.15) is 0 Å². The number of allylic oxidation sites excluding steroid dienone is 1. The Morgan fingerprint density at radius 1 is 1.36 bits per heavy atom. The molecule has 0 saturated carbocycles. The highest BCUT2D eigenvalue weighted by molar-refractivity contribution is 6.00. The molecule has 0 spiro atoms. The summed E-state index contributed by atoms with van der Waals surface area (Å²) in [5, 5.41) is 7.83. The van der Waals surface area contributed by atoms with Crippen LogP contribution >= 0.6 is 0 Å². The largest absolute Gasteiger partial charge is 0.305 e. The lowest BCUT2D eigenvalue weighted by molar-refractivity contribution is 0.835. The van der Waals surface area contributed by atoms with Gasteiger partial charge in [-0.1, -0.05) is 30.4 Å². The molecule has 72 valence electrons. The lowest BCUT2D eigenvalue weighted by atomic mass is 9.88. The summed E-state index contributed by atoms with van der Waals surface area (Å²) >= 11 is 0. The Morgan fingerprint density at radius 2 is 2.14 bits per heavy atom. The molecule has 2 rings (SSSR count). The molecule has 0 radical (unpaired) electrons. The first-order chi connectivity index (χ1) is 6.68. The topological polar surface area (TPSA) is 23.9 Å². The molecule has 0 unspecified atom stereocenters. The van der Waals surface area contributed by atoms with E-state index in [4.69, 9.17) is 5.41 Å². The predicted molar refractivity (Wildman–Crippen MR) is 60.9 cm³/mol. The summed E-state index contributed by atoms with van der Waals surface area (Å²) in [5.74, 6) is 0. The zero-order valence-corrected chi connectivity index (χ0v) is 8.56. The van der Waals surface area contributed by atoms with E-state index in [0.717, 1.165) is 36.1 Å². The third-order valence-electron chi connectivity index (χ3n) is 2.80. The minimum atomic E-state index is 0.791. The molecule has 0 atom stereocenters. The van der Waals surface area contributed by atoms with Gasteiger partial charge < -0.3 is 5.41 Å². The van der Waals surface area contributed by atoms with Gasteiger partial charge >= 0.3 is 0 Å². The molecule has 1 aliphatic carbocycles. The monoisotopic (exact) mass is 185 g/mol. The van der Waals surface area contributed by atoms with E-state index < -0.39 is 0 Å². The van der Waals surface area contributed by atoms with E-state index in [1.807, 2.05) is 6.92 Å². The Balaban J connectivity index is 2.49. The summed E-state index contributed by atoms with van der Waals surface area (Å²) in [6.45, 7) is 5.96. The molecule has 0 aromatic heterocycles. The van der Waals surface area contributed by atoms with Crippen molar-refractivity contribution in [3.05, 3.63) is 41.5 Å². The first-order valence-corrected chi connectivity index (χ1v) is 5.05. The number of fused-ring (bicyclic) bond motifs is 1. The standard InChI is InChI=1S/C13H15N/c1-9(2)10-6-7-12-11(8-10)4-3-5-13(12)14/h6-8,14H,1,3-5H2,2H3. The Labute approximate surface area is 85.0 Å². The van der Waals surface area contributed by atoms with Gasteiger partial charge in [-0.15, -0.1) is 0 Å². The molecular formula is C13H15N. The molecule has 14 heavy (non-hydrogen) atoms. The second-order valence-corrected chi connectivity index (χ2v) is 3.98. The van der Waals surface area contributed by atoms with E-state index in [1.54, 1.807) is 0 Å². The lowest BCUT2D eigenvalue weighted by Crippen LogP contribution is -2.10. The van der Waals surface area contributed by atoms with Crippen molar-refractivity contribution < 1.29 is 0 Å². The fourth-order valence-corrected chi connectivity index (χ4v) is 1.95. The van der Waals surface area contributed by atoms with Gasteiger partial charge in [-0.3, -0.25) is 0 Å². The number of hydrogen-bond donors (Lipinski definition) is 1. The Morgan fingerprint density at radius 3 is 2.86 bits per heavy atom. The molecule has 0 saturated heterocycles. The first kappa shape index (κ1) is 9.20. The van der Waals surface area contributed by atoms with E-state index >= 15 is 0 Å². The number of hydrogen-bond acceptors (Lipinski definition) is 1. The zero-order chi connectivity index (χ0) is 10.1. The van der Waals surface area contributed by atoms with Crippen molar-refractivity contribution in [1.82, 2.24) is 0 Å². The smallest absolute Gasteiger partial charge is 0.0389 e. The Hall–Kier alpha value is -1.37.